The minimum absolute atomic E-state index is 0.217. The van der Waals surface area contributed by atoms with E-state index in [1.165, 1.54) is 0 Å². The molecule has 2 rings (SSSR count). The van der Waals surface area contributed by atoms with Crippen LogP contribution in [0.2, 0.25) is 0 Å². The van der Waals surface area contributed by atoms with Crippen LogP contribution >= 0.6 is 11.3 Å². The molecule has 2 aromatic rings. The van der Waals surface area contributed by atoms with Gasteiger partial charge < -0.3 is 9.47 Å². The standard InChI is InChI=1S/C15H16N2O4S/c1-19-11-4-6-12(7-5-11)20-10-15(18)21-17-14(16)9-13-3-2-8-22-13/h2-8H,9-10H2,1H3,(H2,16,17)/p+1. The topological polar surface area (TPSA) is 84.8 Å². The third kappa shape index (κ3) is 5.10. The van der Waals surface area contributed by atoms with E-state index in [1.807, 2.05) is 17.5 Å². The molecule has 0 spiro atoms. The van der Waals surface area contributed by atoms with Crippen LogP contribution in [0.15, 0.2) is 41.8 Å². The van der Waals surface area contributed by atoms with Crippen molar-refractivity contribution < 1.29 is 24.3 Å². The average Bonchev–Trinajstić information content (AvgIpc) is 3.04. The van der Waals surface area contributed by atoms with Gasteiger partial charge in [0.1, 0.15) is 11.5 Å². The lowest BCUT2D eigenvalue weighted by Gasteiger charge is -2.04. The Morgan fingerprint density at radius 2 is 1.95 bits per heavy atom. The molecule has 0 saturated heterocycles. The van der Waals surface area contributed by atoms with Crippen LogP contribution in [-0.4, -0.2) is 25.5 Å². The van der Waals surface area contributed by atoms with Gasteiger partial charge in [0.25, 0.3) is 5.84 Å². The number of amidine groups is 1. The monoisotopic (exact) mass is 321 g/mol. The van der Waals surface area contributed by atoms with Gasteiger partial charge in [0, 0.05) is 4.88 Å². The Morgan fingerprint density at radius 3 is 2.59 bits per heavy atom. The Morgan fingerprint density at radius 1 is 1.23 bits per heavy atom. The molecule has 116 valence electrons. The first-order chi connectivity index (χ1) is 10.7. The molecule has 22 heavy (non-hydrogen) atoms. The van der Waals surface area contributed by atoms with E-state index in [0.29, 0.717) is 23.8 Å². The largest absolute Gasteiger partial charge is 0.497 e. The zero-order chi connectivity index (χ0) is 15.8. The highest BCUT2D eigenvalue weighted by molar-refractivity contribution is 7.10. The first-order valence-electron chi connectivity index (χ1n) is 6.53. The molecule has 3 N–H and O–H groups in total. The number of thiophene rings is 1. The van der Waals surface area contributed by atoms with E-state index >= 15 is 0 Å². The average molecular weight is 321 g/mol. The second-order valence-electron chi connectivity index (χ2n) is 4.32. The van der Waals surface area contributed by atoms with Crippen molar-refractivity contribution >= 4 is 23.1 Å². The number of hydrogen-bond acceptors (Lipinski definition) is 5. The Kier molecular flexibility index (Phi) is 5.79. The molecule has 7 heteroatoms. The molecule has 0 atom stereocenters. The summed E-state index contributed by atoms with van der Waals surface area (Å²) in [5, 5.41) is 4.38. The molecular weight excluding hydrogens is 304 g/mol. The van der Waals surface area contributed by atoms with Crippen LogP contribution in [0.1, 0.15) is 4.88 Å². The van der Waals surface area contributed by atoms with Crippen molar-refractivity contribution in [3.8, 4) is 11.5 Å². The number of nitrogens with two attached hydrogens (primary N) is 1. The SMILES string of the molecule is COc1ccc(OCC(=O)O[NH+]=C(N)Cc2cccs2)cc1. The molecule has 0 amide bonds. The lowest BCUT2D eigenvalue weighted by molar-refractivity contribution is -0.725. The minimum atomic E-state index is -0.565. The van der Waals surface area contributed by atoms with Gasteiger partial charge in [-0.15, -0.1) is 11.3 Å². The summed E-state index contributed by atoms with van der Waals surface area (Å²) >= 11 is 1.58. The zero-order valence-corrected chi connectivity index (χ0v) is 12.9. The number of ether oxygens (including phenoxy) is 2. The molecule has 0 saturated carbocycles. The molecule has 0 radical (unpaired) electrons. The van der Waals surface area contributed by atoms with Crippen molar-refractivity contribution in [2.24, 2.45) is 5.73 Å². The Hall–Kier alpha value is -2.54. The number of benzene rings is 1. The molecule has 6 nitrogen and oxygen atoms in total. The van der Waals surface area contributed by atoms with Gasteiger partial charge in [0.05, 0.1) is 13.5 Å². The zero-order valence-electron chi connectivity index (χ0n) is 12.1. The molecular formula is C15H17N2O4S+. The van der Waals surface area contributed by atoms with E-state index < -0.39 is 5.97 Å². The summed E-state index contributed by atoms with van der Waals surface area (Å²) in [7, 11) is 1.58. The molecule has 0 fully saturated rings. The lowest BCUT2D eigenvalue weighted by Crippen LogP contribution is -2.76. The fraction of sp³-hybridized carbons (Fsp3) is 0.200. The van der Waals surface area contributed by atoms with Crippen LogP contribution in [0, 0.1) is 0 Å². The summed E-state index contributed by atoms with van der Waals surface area (Å²) in [6.45, 7) is -0.217. The smallest absolute Gasteiger partial charge is 0.394 e. The first kappa shape index (κ1) is 15.8. The van der Waals surface area contributed by atoms with Crippen LogP contribution < -0.4 is 20.4 Å². The Balaban J connectivity index is 1.75. The molecule has 1 aromatic carbocycles. The maximum absolute atomic E-state index is 11.5. The van der Waals surface area contributed by atoms with Gasteiger partial charge in [0.15, 0.2) is 6.61 Å². The highest BCUT2D eigenvalue weighted by Crippen LogP contribution is 2.16. The van der Waals surface area contributed by atoms with E-state index in [0.717, 1.165) is 4.88 Å². The third-order valence-corrected chi connectivity index (χ3v) is 3.53. The maximum Gasteiger partial charge on any atom is 0.394 e. The summed E-state index contributed by atoms with van der Waals surface area (Å²) in [5.74, 6) is 1.06. The van der Waals surface area contributed by atoms with Crippen molar-refractivity contribution in [1.29, 1.82) is 0 Å². The predicted molar refractivity (Wildman–Crippen MR) is 82.8 cm³/mol. The van der Waals surface area contributed by atoms with Crippen LogP contribution in [-0.2, 0) is 16.1 Å². The number of carbonyl (C=O) groups excluding carboxylic acids is 1. The lowest BCUT2D eigenvalue weighted by atomic mass is 10.3. The van der Waals surface area contributed by atoms with Crippen LogP contribution in [0.25, 0.3) is 0 Å². The normalized spacial score (nSPS) is 11.0. The second kappa shape index (κ2) is 8.04. The van der Waals surface area contributed by atoms with Crippen molar-refractivity contribution in [2.75, 3.05) is 13.7 Å². The fourth-order valence-electron chi connectivity index (χ4n) is 1.60. The number of rotatable bonds is 7. The number of nitrogens with one attached hydrogen (secondary N) is 1. The molecule has 0 unspecified atom stereocenters. The molecule has 0 aliphatic heterocycles. The molecule has 0 aliphatic carbocycles. The summed E-state index contributed by atoms with van der Waals surface area (Å²) in [5.41, 5.74) is 5.73. The maximum atomic E-state index is 11.5. The van der Waals surface area contributed by atoms with Gasteiger partial charge in [-0.3, -0.25) is 10.6 Å². The van der Waals surface area contributed by atoms with Gasteiger partial charge in [-0.05, 0) is 35.7 Å². The first-order valence-corrected chi connectivity index (χ1v) is 7.41. The third-order valence-electron chi connectivity index (χ3n) is 2.66. The van der Waals surface area contributed by atoms with E-state index in [2.05, 4.69) is 5.16 Å². The van der Waals surface area contributed by atoms with Gasteiger partial charge in [-0.2, -0.15) is 0 Å². The van der Waals surface area contributed by atoms with Gasteiger partial charge in [0.2, 0.25) is 0 Å². The van der Waals surface area contributed by atoms with Crippen molar-refractivity contribution in [3.05, 3.63) is 46.7 Å². The van der Waals surface area contributed by atoms with E-state index in [4.69, 9.17) is 20.0 Å². The minimum Gasteiger partial charge on any atom is -0.497 e. The van der Waals surface area contributed by atoms with Crippen LogP contribution in [0.5, 0.6) is 11.5 Å². The van der Waals surface area contributed by atoms with E-state index in [-0.39, 0.29) is 6.61 Å². The van der Waals surface area contributed by atoms with Gasteiger partial charge >= 0.3 is 5.97 Å². The molecule has 0 aliphatic rings. The molecule has 0 bridgehead atoms. The highest BCUT2D eigenvalue weighted by Gasteiger charge is 2.08. The summed E-state index contributed by atoms with van der Waals surface area (Å²) in [6, 6.07) is 10.8. The van der Waals surface area contributed by atoms with Crippen LogP contribution in [0.4, 0.5) is 0 Å². The van der Waals surface area contributed by atoms with Crippen molar-refractivity contribution in [3.63, 3.8) is 0 Å². The second-order valence-corrected chi connectivity index (χ2v) is 5.35. The summed E-state index contributed by atoms with van der Waals surface area (Å²) in [4.78, 5) is 17.4. The summed E-state index contributed by atoms with van der Waals surface area (Å²) < 4.78 is 10.3. The summed E-state index contributed by atoms with van der Waals surface area (Å²) in [6.07, 6.45) is 0.504. The van der Waals surface area contributed by atoms with E-state index in [9.17, 15) is 4.79 Å². The Labute approximate surface area is 132 Å². The number of methoxy groups -OCH3 is 1. The highest BCUT2D eigenvalue weighted by atomic mass is 32.1. The Bertz CT molecular complexity index is 624. The van der Waals surface area contributed by atoms with Gasteiger partial charge in [-0.1, -0.05) is 11.2 Å². The number of carbonyl (C=O) groups is 1. The fourth-order valence-corrected chi connectivity index (χ4v) is 2.33. The quantitative estimate of drug-likeness (QED) is 0.331. The molecule has 1 aromatic heterocycles. The van der Waals surface area contributed by atoms with E-state index in [1.54, 1.807) is 42.7 Å². The van der Waals surface area contributed by atoms with Crippen molar-refractivity contribution in [1.82, 2.24) is 0 Å². The predicted octanol–water partition coefficient (Wildman–Crippen LogP) is 0.274. The van der Waals surface area contributed by atoms with Crippen LogP contribution in [0.3, 0.4) is 0 Å². The van der Waals surface area contributed by atoms with Gasteiger partial charge in [-0.25, -0.2) is 4.79 Å². The number of hydrogen-bond donors (Lipinski definition) is 2. The van der Waals surface area contributed by atoms with Crippen molar-refractivity contribution in [2.45, 2.75) is 6.42 Å². The molecule has 1 heterocycles.